The maximum absolute atomic E-state index is 8.59. The lowest BCUT2D eigenvalue weighted by molar-refractivity contribution is 1.30. The zero-order valence-electron chi connectivity index (χ0n) is 8.08. The fraction of sp³-hybridized carbons (Fsp3) is 0.0909. The number of aromatic amines is 1. The summed E-state index contributed by atoms with van der Waals surface area (Å²) < 4.78 is 0.797. The zero-order valence-corrected chi connectivity index (χ0v) is 9.67. The molecule has 0 aliphatic heterocycles. The van der Waals surface area contributed by atoms with E-state index in [-0.39, 0.29) is 0 Å². The second kappa shape index (κ2) is 3.87. The number of hydrogen-bond donors (Lipinski definition) is 1. The van der Waals surface area contributed by atoms with E-state index >= 15 is 0 Å². The average molecular weight is 262 g/mol. The van der Waals surface area contributed by atoms with E-state index in [0.29, 0.717) is 0 Å². The minimum absolute atomic E-state index is 0.797. The van der Waals surface area contributed by atoms with Gasteiger partial charge >= 0.3 is 0 Å². The Morgan fingerprint density at radius 1 is 1.67 bits per heavy atom. The molecule has 4 heteroatoms. The molecule has 0 fully saturated rings. The molecule has 2 heterocycles. The minimum atomic E-state index is 0.797. The maximum atomic E-state index is 8.59. The Kier molecular flexibility index (Phi) is 2.57. The second-order valence-corrected chi connectivity index (χ2v) is 4.02. The number of aromatic nitrogens is 2. The van der Waals surface area contributed by atoms with E-state index in [1.54, 1.807) is 6.20 Å². The number of nitrogens with one attached hydrogen (secondary N) is 1. The topological polar surface area (TPSA) is 52.5 Å². The lowest BCUT2D eigenvalue weighted by Gasteiger charge is -1.96. The number of pyridine rings is 1. The first kappa shape index (κ1) is 9.94. The summed E-state index contributed by atoms with van der Waals surface area (Å²) in [4.78, 5) is 7.32. The van der Waals surface area contributed by atoms with Gasteiger partial charge < -0.3 is 4.98 Å². The first-order valence-electron chi connectivity index (χ1n) is 4.42. The van der Waals surface area contributed by atoms with Gasteiger partial charge in [-0.2, -0.15) is 5.26 Å². The molecule has 2 aromatic heterocycles. The van der Waals surface area contributed by atoms with Gasteiger partial charge in [-0.05, 0) is 34.5 Å². The summed E-state index contributed by atoms with van der Waals surface area (Å²) in [6, 6.07) is 3.94. The van der Waals surface area contributed by atoms with E-state index in [1.165, 1.54) is 6.08 Å². The molecule has 0 atom stereocenters. The highest BCUT2D eigenvalue weighted by atomic mass is 79.9. The summed E-state index contributed by atoms with van der Waals surface area (Å²) in [7, 11) is 0. The van der Waals surface area contributed by atoms with Crippen molar-refractivity contribution >= 4 is 32.4 Å². The molecule has 0 amide bonds. The summed E-state index contributed by atoms with van der Waals surface area (Å²) in [5.74, 6) is 0. The van der Waals surface area contributed by atoms with Crippen LogP contribution in [0.25, 0.3) is 16.5 Å². The van der Waals surface area contributed by atoms with Gasteiger partial charge in [0.2, 0.25) is 0 Å². The number of H-pyrrole nitrogens is 1. The molecular weight excluding hydrogens is 254 g/mol. The van der Waals surface area contributed by atoms with E-state index in [0.717, 1.165) is 26.6 Å². The Morgan fingerprint density at radius 3 is 3.20 bits per heavy atom. The fourth-order valence-electron chi connectivity index (χ4n) is 1.49. The van der Waals surface area contributed by atoms with Crippen molar-refractivity contribution in [1.82, 2.24) is 9.97 Å². The molecule has 0 bridgehead atoms. The van der Waals surface area contributed by atoms with Crippen molar-refractivity contribution < 1.29 is 0 Å². The third-order valence-electron chi connectivity index (χ3n) is 2.24. The summed E-state index contributed by atoms with van der Waals surface area (Å²) in [5, 5.41) is 9.62. The van der Waals surface area contributed by atoms with Crippen LogP contribution in [0.2, 0.25) is 0 Å². The third kappa shape index (κ3) is 1.79. The summed E-state index contributed by atoms with van der Waals surface area (Å²) in [5.41, 5.74) is 2.97. The highest BCUT2D eigenvalue weighted by Gasteiger charge is 2.05. The van der Waals surface area contributed by atoms with Crippen LogP contribution < -0.4 is 0 Å². The molecule has 0 aromatic carbocycles. The minimum Gasteiger partial charge on any atom is -0.360 e. The molecule has 0 saturated heterocycles. The van der Waals surface area contributed by atoms with E-state index in [4.69, 9.17) is 5.26 Å². The monoisotopic (exact) mass is 261 g/mol. The molecule has 0 spiro atoms. The molecule has 2 aromatic rings. The van der Waals surface area contributed by atoms with Crippen LogP contribution in [-0.4, -0.2) is 9.97 Å². The quantitative estimate of drug-likeness (QED) is 0.633. The molecule has 3 nitrogen and oxygen atoms in total. The Morgan fingerprint density at radius 2 is 2.47 bits per heavy atom. The summed E-state index contributed by atoms with van der Waals surface area (Å²) in [6.07, 6.45) is 5.21. The normalized spacial score (nSPS) is 11.7. The molecule has 0 aliphatic rings. The van der Waals surface area contributed by atoms with Crippen LogP contribution >= 0.6 is 15.9 Å². The maximum Gasteiger partial charge on any atom is 0.108 e. The number of rotatable bonds is 1. The van der Waals surface area contributed by atoms with Crippen LogP contribution in [0.3, 0.4) is 0 Å². The van der Waals surface area contributed by atoms with Gasteiger partial charge in [-0.15, -0.1) is 0 Å². The summed E-state index contributed by atoms with van der Waals surface area (Å²) in [6.45, 7) is 1.91. The van der Waals surface area contributed by atoms with Crippen molar-refractivity contribution in [2.24, 2.45) is 0 Å². The molecule has 0 radical (unpaired) electrons. The van der Waals surface area contributed by atoms with Gasteiger partial charge in [-0.3, -0.25) is 0 Å². The molecule has 1 N–H and O–H groups in total. The van der Waals surface area contributed by atoms with Crippen LogP contribution in [0.1, 0.15) is 12.5 Å². The lowest BCUT2D eigenvalue weighted by Crippen LogP contribution is -1.78. The Bertz CT molecular complexity index is 575. The Hall–Kier alpha value is -1.60. The van der Waals surface area contributed by atoms with Crippen LogP contribution in [0.15, 0.2) is 29.1 Å². The fourth-order valence-corrected chi connectivity index (χ4v) is 1.82. The zero-order chi connectivity index (χ0) is 10.8. The van der Waals surface area contributed by atoms with Gasteiger partial charge in [0.15, 0.2) is 0 Å². The van der Waals surface area contributed by atoms with E-state index < -0.39 is 0 Å². The Labute approximate surface area is 95.6 Å². The molecule has 74 valence electrons. The van der Waals surface area contributed by atoms with Crippen molar-refractivity contribution in [2.45, 2.75) is 6.92 Å². The van der Waals surface area contributed by atoms with E-state index in [2.05, 4.69) is 25.9 Å². The third-order valence-corrected chi connectivity index (χ3v) is 2.67. The Balaban J connectivity index is 2.65. The van der Waals surface area contributed by atoms with E-state index in [1.807, 2.05) is 25.3 Å². The van der Waals surface area contributed by atoms with Crippen molar-refractivity contribution in [3.63, 3.8) is 0 Å². The van der Waals surface area contributed by atoms with Crippen molar-refractivity contribution in [3.05, 3.63) is 34.7 Å². The van der Waals surface area contributed by atoms with Crippen LogP contribution in [0.5, 0.6) is 0 Å². The van der Waals surface area contributed by atoms with Crippen LogP contribution in [0, 0.1) is 11.3 Å². The van der Waals surface area contributed by atoms with Crippen molar-refractivity contribution in [3.8, 4) is 6.07 Å². The van der Waals surface area contributed by atoms with Gasteiger partial charge in [0, 0.05) is 29.4 Å². The van der Waals surface area contributed by atoms with Crippen LogP contribution in [0.4, 0.5) is 0 Å². The van der Waals surface area contributed by atoms with Gasteiger partial charge in [0.25, 0.3) is 0 Å². The predicted octanol–water partition coefficient (Wildman–Crippen LogP) is 3.25. The van der Waals surface area contributed by atoms with Gasteiger partial charge in [-0.1, -0.05) is 0 Å². The summed E-state index contributed by atoms with van der Waals surface area (Å²) >= 11 is 3.31. The molecule has 0 unspecified atom stereocenters. The van der Waals surface area contributed by atoms with Gasteiger partial charge in [-0.25, -0.2) is 4.98 Å². The standard InChI is InChI=1S/C11H8BrN3/c1-7(2-3-13)8-5-14-10-4-11(12)15-6-9(8)10/h2,4-6,14H,1H3. The molecule has 0 aliphatic carbocycles. The first-order chi connectivity index (χ1) is 7.22. The highest BCUT2D eigenvalue weighted by Crippen LogP contribution is 2.25. The molecule has 2 rings (SSSR count). The second-order valence-electron chi connectivity index (χ2n) is 3.21. The number of hydrogen-bond acceptors (Lipinski definition) is 2. The number of nitrogens with zero attached hydrogens (tertiary/aromatic N) is 2. The van der Waals surface area contributed by atoms with Crippen LogP contribution in [-0.2, 0) is 0 Å². The predicted molar refractivity (Wildman–Crippen MR) is 63.1 cm³/mol. The number of allylic oxidation sites excluding steroid dienone is 2. The molecule has 0 saturated carbocycles. The average Bonchev–Trinajstić information content (AvgIpc) is 2.60. The first-order valence-corrected chi connectivity index (χ1v) is 5.21. The molecular formula is C11H8BrN3. The number of halogens is 1. The number of nitriles is 1. The van der Waals surface area contributed by atoms with Crippen molar-refractivity contribution in [1.29, 1.82) is 5.26 Å². The smallest absolute Gasteiger partial charge is 0.108 e. The van der Waals surface area contributed by atoms with Gasteiger partial charge in [0.1, 0.15) is 4.60 Å². The SMILES string of the molecule is CC(=CC#N)c1c[nH]c2cc(Br)ncc12. The highest BCUT2D eigenvalue weighted by molar-refractivity contribution is 9.10. The molecule has 15 heavy (non-hydrogen) atoms. The van der Waals surface area contributed by atoms with E-state index in [9.17, 15) is 0 Å². The van der Waals surface area contributed by atoms with Crippen molar-refractivity contribution in [2.75, 3.05) is 0 Å². The largest absolute Gasteiger partial charge is 0.360 e. The van der Waals surface area contributed by atoms with Gasteiger partial charge in [0.05, 0.1) is 11.6 Å². The number of fused-ring (bicyclic) bond motifs is 1. The lowest BCUT2D eigenvalue weighted by atomic mass is 10.1.